The quantitative estimate of drug-likeness (QED) is 0.789. The molecule has 3 nitrogen and oxygen atoms in total. The van der Waals surface area contributed by atoms with Gasteiger partial charge in [-0.15, -0.1) is 0 Å². The summed E-state index contributed by atoms with van der Waals surface area (Å²) in [6.07, 6.45) is 4.63. The molecule has 1 aromatic rings. The molecule has 1 atom stereocenters. The topological polar surface area (TPSA) is 49.3 Å². The van der Waals surface area contributed by atoms with Gasteiger partial charge in [-0.25, -0.2) is 0 Å². The molecule has 4 heteroatoms. The number of hydrogen-bond acceptors (Lipinski definition) is 2. The lowest BCUT2D eigenvalue weighted by Gasteiger charge is -2.28. The first kappa shape index (κ1) is 15.9. The number of nitrogens with one attached hydrogen (secondary N) is 1. The van der Waals surface area contributed by atoms with Crippen molar-refractivity contribution in [2.75, 3.05) is 6.61 Å². The molecule has 1 unspecified atom stereocenters. The maximum absolute atomic E-state index is 11.9. The Morgan fingerprint density at radius 3 is 2.84 bits per heavy atom. The smallest absolute Gasteiger partial charge is 0.244 e. The summed E-state index contributed by atoms with van der Waals surface area (Å²) in [7, 11) is 0. The second-order valence-corrected chi connectivity index (χ2v) is 5.68. The molecular weight excluding hydrogens is 306 g/mol. The third-order valence-electron chi connectivity index (χ3n) is 3.14. The van der Waals surface area contributed by atoms with E-state index < -0.39 is 0 Å². The number of carbonyl (C=O) groups is 1. The number of hydrogen-bond donors (Lipinski definition) is 2. The molecule has 104 valence electrons. The lowest BCUT2D eigenvalue weighted by Crippen LogP contribution is -2.45. The van der Waals surface area contributed by atoms with E-state index in [9.17, 15) is 4.79 Å². The molecule has 0 aromatic heterocycles. The predicted octanol–water partition coefficient (Wildman–Crippen LogP) is 3.13. The van der Waals surface area contributed by atoms with Gasteiger partial charge in [-0.1, -0.05) is 35.0 Å². The largest absolute Gasteiger partial charge is 0.396 e. The van der Waals surface area contributed by atoms with E-state index in [2.05, 4.69) is 21.2 Å². The van der Waals surface area contributed by atoms with Gasteiger partial charge in [-0.2, -0.15) is 0 Å². The lowest BCUT2D eigenvalue weighted by molar-refractivity contribution is -0.118. The normalized spacial score (nSPS) is 14.3. The maximum atomic E-state index is 11.9. The second kappa shape index (κ2) is 7.46. The van der Waals surface area contributed by atoms with E-state index in [4.69, 9.17) is 5.11 Å². The Balaban J connectivity index is 2.64. The molecule has 1 rings (SSSR count). The van der Waals surface area contributed by atoms with E-state index in [-0.39, 0.29) is 18.1 Å². The van der Waals surface area contributed by atoms with Crippen molar-refractivity contribution in [1.29, 1.82) is 0 Å². The Morgan fingerprint density at radius 1 is 1.53 bits per heavy atom. The van der Waals surface area contributed by atoms with E-state index in [0.29, 0.717) is 6.42 Å². The van der Waals surface area contributed by atoms with Gasteiger partial charge in [0.25, 0.3) is 0 Å². The van der Waals surface area contributed by atoms with Crippen LogP contribution in [0.25, 0.3) is 6.08 Å². The molecule has 0 saturated carbocycles. The molecule has 0 radical (unpaired) electrons. The zero-order valence-electron chi connectivity index (χ0n) is 11.3. The fraction of sp³-hybridized carbons (Fsp3) is 0.400. The number of aliphatic hydroxyl groups excluding tert-OH is 1. The van der Waals surface area contributed by atoms with Crippen LogP contribution >= 0.6 is 15.9 Å². The highest BCUT2D eigenvalue weighted by Gasteiger charge is 2.22. The van der Waals surface area contributed by atoms with E-state index in [0.717, 1.165) is 16.5 Å². The molecule has 0 heterocycles. The van der Waals surface area contributed by atoms with Crippen LogP contribution in [0.3, 0.4) is 0 Å². The molecular formula is C15H20BrNO2. The minimum absolute atomic E-state index is 0.0694. The van der Waals surface area contributed by atoms with Gasteiger partial charge in [-0.3, -0.25) is 4.79 Å². The van der Waals surface area contributed by atoms with Gasteiger partial charge in [0.15, 0.2) is 0 Å². The van der Waals surface area contributed by atoms with E-state index >= 15 is 0 Å². The molecule has 0 fully saturated rings. The second-order valence-electron chi connectivity index (χ2n) is 4.77. The van der Waals surface area contributed by atoms with E-state index in [1.165, 1.54) is 6.08 Å². The Hall–Kier alpha value is -1.13. The predicted molar refractivity (Wildman–Crippen MR) is 81.7 cm³/mol. The average Bonchev–Trinajstić information content (AvgIpc) is 2.37. The van der Waals surface area contributed by atoms with Crippen molar-refractivity contribution in [3.05, 3.63) is 40.4 Å². The van der Waals surface area contributed by atoms with Crippen LogP contribution in [0.5, 0.6) is 0 Å². The molecule has 0 aliphatic rings. The standard InChI is InChI=1S/C15H20BrNO2/c1-3-15(2,9-10-18)17-14(19)8-7-12-5-4-6-13(16)11-12/h4-8,11,18H,3,9-10H2,1-2H3,(H,17,19)/b8-7+. The first-order valence-corrected chi connectivity index (χ1v) is 7.15. The van der Waals surface area contributed by atoms with Crippen molar-refractivity contribution in [3.63, 3.8) is 0 Å². The van der Waals surface area contributed by atoms with Gasteiger partial charge < -0.3 is 10.4 Å². The summed E-state index contributed by atoms with van der Waals surface area (Å²) >= 11 is 3.39. The number of amides is 1. The summed E-state index contributed by atoms with van der Waals surface area (Å²) < 4.78 is 0.980. The monoisotopic (exact) mass is 325 g/mol. The Bertz CT molecular complexity index is 459. The van der Waals surface area contributed by atoms with Crippen LogP contribution in [0, 0.1) is 0 Å². The van der Waals surface area contributed by atoms with Gasteiger partial charge in [0.1, 0.15) is 0 Å². The molecule has 1 amide bonds. The van der Waals surface area contributed by atoms with Crippen LogP contribution in [-0.2, 0) is 4.79 Å². The fourth-order valence-electron chi connectivity index (χ4n) is 1.70. The molecule has 0 saturated heterocycles. The first-order chi connectivity index (χ1) is 8.99. The summed E-state index contributed by atoms with van der Waals surface area (Å²) in [5.41, 5.74) is 0.609. The molecule has 2 N–H and O–H groups in total. The summed E-state index contributed by atoms with van der Waals surface area (Å²) in [6.45, 7) is 4.00. The third-order valence-corrected chi connectivity index (χ3v) is 3.64. The Labute approximate surface area is 122 Å². The van der Waals surface area contributed by atoms with Crippen molar-refractivity contribution in [2.45, 2.75) is 32.2 Å². The average molecular weight is 326 g/mol. The first-order valence-electron chi connectivity index (χ1n) is 6.36. The van der Waals surface area contributed by atoms with Gasteiger partial charge in [0.05, 0.1) is 0 Å². The van der Waals surface area contributed by atoms with Gasteiger partial charge in [0.2, 0.25) is 5.91 Å². The lowest BCUT2D eigenvalue weighted by atomic mass is 9.95. The number of benzene rings is 1. The van der Waals surface area contributed by atoms with Crippen LogP contribution in [-0.4, -0.2) is 23.2 Å². The molecule has 0 aliphatic heterocycles. The summed E-state index contributed by atoms with van der Waals surface area (Å²) in [4.78, 5) is 11.9. The van der Waals surface area contributed by atoms with E-state index in [1.807, 2.05) is 38.1 Å². The Kier molecular flexibility index (Phi) is 6.25. The molecule has 0 bridgehead atoms. The van der Waals surface area contributed by atoms with Crippen molar-refractivity contribution in [3.8, 4) is 0 Å². The highest BCUT2D eigenvalue weighted by molar-refractivity contribution is 9.10. The summed E-state index contributed by atoms with van der Waals surface area (Å²) in [6, 6.07) is 7.73. The minimum atomic E-state index is -0.354. The van der Waals surface area contributed by atoms with E-state index in [1.54, 1.807) is 6.08 Å². The number of rotatable bonds is 6. The van der Waals surface area contributed by atoms with Crippen molar-refractivity contribution in [1.82, 2.24) is 5.32 Å². The van der Waals surface area contributed by atoms with Gasteiger partial charge >= 0.3 is 0 Å². The van der Waals surface area contributed by atoms with Gasteiger partial charge in [-0.05, 0) is 43.5 Å². The number of carbonyl (C=O) groups excluding carboxylic acids is 1. The maximum Gasteiger partial charge on any atom is 0.244 e. The highest BCUT2D eigenvalue weighted by atomic mass is 79.9. The molecule has 0 spiro atoms. The number of halogens is 1. The molecule has 19 heavy (non-hydrogen) atoms. The molecule has 0 aliphatic carbocycles. The van der Waals surface area contributed by atoms with Crippen LogP contribution in [0.4, 0.5) is 0 Å². The van der Waals surface area contributed by atoms with Crippen LogP contribution < -0.4 is 5.32 Å². The van der Waals surface area contributed by atoms with Crippen molar-refractivity contribution < 1.29 is 9.90 Å². The minimum Gasteiger partial charge on any atom is -0.396 e. The molecule has 1 aromatic carbocycles. The fourth-order valence-corrected chi connectivity index (χ4v) is 2.11. The Morgan fingerprint density at radius 2 is 2.26 bits per heavy atom. The zero-order valence-corrected chi connectivity index (χ0v) is 12.9. The van der Waals surface area contributed by atoms with Crippen LogP contribution in [0.15, 0.2) is 34.8 Å². The third kappa shape index (κ3) is 5.57. The summed E-state index contributed by atoms with van der Waals surface area (Å²) in [5, 5.41) is 11.9. The van der Waals surface area contributed by atoms with Crippen molar-refractivity contribution in [2.24, 2.45) is 0 Å². The number of aliphatic hydroxyl groups is 1. The SMILES string of the molecule is CCC(C)(CCO)NC(=O)/C=C/c1cccc(Br)c1. The zero-order chi connectivity index (χ0) is 14.3. The van der Waals surface area contributed by atoms with Crippen LogP contribution in [0.1, 0.15) is 32.3 Å². The van der Waals surface area contributed by atoms with Gasteiger partial charge in [0, 0.05) is 22.7 Å². The highest BCUT2D eigenvalue weighted by Crippen LogP contribution is 2.15. The summed E-state index contributed by atoms with van der Waals surface area (Å²) in [5.74, 6) is -0.141. The van der Waals surface area contributed by atoms with Crippen molar-refractivity contribution >= 4 is 27.9 Å². The van der Waals surface area contributed by atoms with Crippen LogP contribution in [0.2, 0.25) is 0 Å².